The zero-order valence-corrected chi connectivity index (χ0v) is 12.2. The van der Waals surface area contributed by atoms with Crippen LogP contribution >= 0.6 is 0 Å². The zero-order valence-electron chi connectivity index (χ0n) is 12.2. The molecule has 0 heterocycles. The van der Waals surface area contributed by atoms with Crippen molar-refractivity contribution in [1.82, 2.24) is 0 Å². The lowest BCUT2D eigenvalue weighted by molar-refractivity contribution is -0.128. The summed E-state index contributed by atoms with van der Waals surface area (Å²) in [5, 5.41) is 2.63. The Bertz CT molecular complexity index is 471. The van der Waals surface area contributed by atoms with Gasteiger partial charge in [0.25, 0.3) is 0 Å². The van der Waals surface area contributed by atoms with Gasteiger partial charge in [-0.15, -0.1) is 0 Å². The quantitative estimate of drug-likeness (QED) is 0.821. The van der Waals surface area contributed by atoms with Crippen molar-refractivity contribution in [2.24, 2.45) is 5.73 Å². The molecule has 1 aromatic carbocycles. The Morgan fingerprint density at radius 2 is 2.00 bits per heavy atom. The molecule has 0 radical (unpaired) electrons. The van der Waals surface area contributed by atoms with E-state index in [1.807, 2.05) is 0 Å². The molecule has 0 aromatic heterocycles. The lowest BCUT2D eigenvalue weighted by Crippen LogP contribution is -2.42. The molecule has 0 spiro atoms. The van der Waals surface area contributed by atoms with E-state index in [9.17, 15) is 9.18 Å². The average molecular weight is 294 g/mol. The Morgan fingerprint density at radius 3 is 2.62 bits per heavy atom. The van der Waals surface area contributed by atoms with Gasteiger partial charge in [-0.05, 0) is 31.0 Å². The number of ether oxygens (including phenoxy) is 1. The second kappa shape index (κ2) is 7.52. The zero-order chi connectivity index (χ0) is 15.1. The van der Waals surface area contributed by atoms with E-state index in [0.29, 0.717) is 12.2 Å². The molecule has 0 atom stereocenters. The van der Waals surface area contributed by atoms with Crippen molar-refractivity contribution in [2.45, 2.75) is 44.1 Å². The van der Waals surface area contributed by atoms with Gasteiger partial charge >= 0.3 is 0 Å². The van der Waals surface area contributed by atoms with Crippen LogP contribution in [0.5, 0.6) is 0 Å². The van der Waals surface area contributed by atoms with Gasteiger partial charge in [0, 0.05) is 12.2 Å². The minimum Gasteiger partial charge on any atom is -0.364 e. The van der Waals surface area contributed by atoms with E-state index < -0.39 is 0 Å². The van der Waals surface area contributed by atoms with E-state index in [1.54, 1.807) is 12.1 Å². The third-order valence-electron chi connectivity index (χ3n) is 4.00. The van der Waals surface area contributed by atoms with Crippen molar-refractivity contribution < 1.29 is 13.9 Å². The summed E-state index contributed by atoms with van der Waals surface area (Å²) in [4.78, 5) is 11.9. The molecule has 5 heteroatoms. The first-order chi connectivity index (χ1) is 10.1. The molecule has 21 heavy (non-hydrogen) atoms. The van der Waals surface area contributed by atoms with Gasteiger partial charge < -0.3 is 15.8 Å². The van der Waals surface area contributed by atoms with Gasteiger partial charge in [0.2, 0.25) is 5.91 Å². The van der Waals surface area contributed by atoms with Crippen LogP contribution in [0.25, 0.3) is 0 Å². The number of carbonyl (C=O) groups is 1. The van der Waals surface area contributed by atoms with Gasteiger partial charge in [0.05, 0.1) is 5.60 Å². The monoisotopic (exact) mass is 294 g/mol. The highest BCUT2D eigenvalue weighted by atomic mass is 19.1. The van der Waals surface area contributed by atoms with Gasteiger partial charge in [0.1, 0.15) is 12.4 Å². The van der Waals surface area contributed by atoms with Crippen molar-refractivity contribution in [3.05, 3.63) is 30.1 Å². The minimum absolute atomic E-state index is 0.0479. The lowest BCUT2D eigenvalue weighted by Gasteiger charge is -2.31. The lowest BCUT2D eigenvalue weighted by atomic mass is 9.94. The largest absolute Gasteiger partial charge is 0.364 e. The van der Waals surface area contributed by atoms with Gasteiger partial charge in [-0.25, -0.2) is 4.39 Å². The first-order valence-electron chi connectivity index (χ1n) is 7.53. The Morgan fingerprint density at radius 1 is 1.29 bits per heavy atom. The molecular formula is C16H23FN2O2. The molecule has 2 rings (SSSR count). The minimum atomic E-state index is -0.379. The first-order valence-corrected chi connectivity index (χ1v) is 7.53. The molecule has 0 saturated heterocycles. The van der Waals surface area contributed by atoms with Crippen LogP contribution in [0.2, 0.25) is 0 Å². The molecule has 1 aliphatic rings. The fourth-order valence-corrected chi connectivity index (χ4v) is 2.76. The van der Waals surface area contributed by atoms with Crippen molar-refractivity contribution >= 4 is 11.6 Å². The Kier molecular flexibility index (Phi) is 5.70. The van der Waals surface area contributed by atoms with E-state index >= 15 is 0 Å². The molecule has 116 valence electrons. The van der Waals surface area contributed by atoms with Gasteiger partial charge in [-0.2, -0.15) is 0 Å². The summed E-state index contributed by atoms with van der Waals surface area (Å²) < 4.78 is 18.9. The summed E-state index contributed by atoms with van der Waals surface area (Å²) in [6, 6.07) is 5.81. The number of nitrogens with one attached hydrogen (secondary N) is 1. The smallest absolute Gasteiger partial charge is 0.250 e. The molecule has 1 fully saturated rings. The van der Waals surface area contributed by atoms with Crippen LogP contribution in [-0.4, -0.2) is 24.7 Å². The SMILES string of the molecule is NCC1(OCC(=O)Nc2cccc(F)c2)CCCCCC1. The Balaban J connectivity index is 1.87. The van der Waals surface area contributed by atoms with Crippen LogP contribution in [-0.2, 0) is 9.53 Å². The molecule has 1 saturated carbocycles. The standard InChI is InChI=1S/C16H23FN2O2/c17-13-6-5-7-14(10-13)19-15(20)11-21-16(12-18)8-3-1-2-4-9-16/h5-7,10H,1-4,8-9,11-12,18H2,(H,19,20). The Hall–Kier alpha value is -1.46. The summed E-state index contributed by atoms with van der Waals surface area (Å²) >= 11 is 0. The summed E-state index contributed by atoms with van der Waals surface area (Å²) in [6.45, 7) is 0.383. The van der Waals surface area contributed by atoms with Crippen molar-refractivity contribution in [1.29, 1.82) is 0 Å². The van der Waals surface area contributed by atoms with E-state index in [1.165, 1.54) is 25.0 Å². The van der Waals surface area contributed by atoms with E-state index in [2.05, 4.69) is 5.32 Å². The molecular weight excluding hydrogens is 271 g/mol. The third-order valence-corrected chi connectivity index (χ3v) is 4.00. The summed E-state index contributed by atoms with van der Waals surface area (Å²) in [5.74, 6) is -0.659. The molecule has 1 amide bonds. The van der Waals surface area contributed by atoms with E-state index in [-0.39, 0.29) is 23.9 Å². The maximum absolute atomic E-state index is 13.1. The van der Waals surface area contributed by atoms with E-state index in [0.717, 1.165) is 25.7 Å². The van der Waals surface area contributed by atoms with Crippen LogP contribution in [0.15, 0.2) is 24.3 Å². The van der Waals surface area contributed by atoms with Crippen molar-refractivity contribution in [3.63, 3.8) is 0 Å². The second-order valence-electron chi connectivity index (χ2n) is 5.65. The molecule has 3 N–H and O–H groups in total. The van der Waals surface area contributed by atoms with Crippen molar-refractivity contribution in [2.75, 3.05) is 18.5 Å². The van der Waals surface area contributed by atoms with Crippen LogP contribution in [0.3, 0.4) is 0 Å². The second-order valence-corrected chi connectivity index (χ2v) is 5.65. The topological polar surface area (TPSA) is 64.3 Å². The summed E-state index contributed by atoms with van der Waals surface area (Å²) in [6.07, 6.45) is 6.36. The van der Waals surface area contributed by atoms with Gasteiger partial charge in [0.15, 0.2) is 0 Å². The number of hydrogen-bond acceptors (Lipinski definition) is 3. The number of rotatable bonds is 5. The highest BCUT2D eigenvalue weighted by Gasteiger charge is 2.31. The highest BCUT2D eigenvalue weighted by Crippen LogP contribution is 2.29. The van der Waals surface area contributed by atoms with Crippen LogP contribution in [0.1, 0.15) is 38.5 Å². The number of halogens is 1. The van der Waals surface area contributed by atoms with Gasteiger partial charge in [-0.3, -0.25) is 4.79 Å². The number of amides is 1. The van der Waals surface area contributed by atoms with Gasteiger partial charge in [-0.1, -0.05) is 31.7 Å². The maximum Gasteiger partial charge on any atom is 0.250 e. The fraction of sp³-hybridized carbons (Fsp3) is 0.562. The maximum atomic E-state index is 13.1. The predicted octanol–water partition coefficient (Wildman–Crippen LogP) is 2.83. The predicted molar refractivity (Wildman–Crippen MR) is 80.5 cm³/mol. The molecule has 0 unspecified atom stereocenters. The normalized spacial score (nSPS) is 18.0. The summed E-state index contributed by atoms with van der Waals surface area (Å²) in [5.41, 5.74) is 5.92. The number of hydrogen-bond donors (Lipinski definition) is 2. The molecule has 1 aliphatic carbocycles. The average Bonchev–Trinajstić information content (AvgIpc) is 2.71. The number of nitrogens with two attached hydrogens (primary N) is 1. The van der Waals surface area contributed by atoms with E-state index in [4.69, 9.17) is 10.5 Å². The first kappa shape index (κ1) is 15.9. The highest BCUT2D eigenvalue weighted by molar-refractivity contribution is 5.91. The third kappa shape index (κ3) is 4.79. The van der Waals surface area contributed by atoms with Crippen molar-refractivity contribution in [3.8, 4) is 0 Å². The van der Waals surface area contributed by atoms with Crippen LogP contribution in [0.4, 0.5) is 10.1 Å². The molecule has 1 aromatic rings. The molecule has 0 aliphatic heterocycles. The molecule has 4 nitrogen and oxygen atoms in total. The molecule has 0 bridgehead atoms. The number of benzene rings is 1. The fourth-order valence-electron chi connectivity index (χ4n) is 2.76. The number of anilines is 1. The number of carbonyl (C=O) groups excluding carboxylic acids is 1. The van der Waals surface area contributed by atoms with Crippen LogP contribution in [0, 0.1) is 5.82 Å². The summed E-state index contributed by atoms with van der Waals surface area (Å²) in [7, 11) is 0. The Labute approximate surface area is 124 Å². The van der Waals surface area contributed by atoms with Crippen LogP contribution < -0.4 is 11.1 Å².